The lowest BCUT2D eigenvalue weighted by Crippen LogP contribution is -2.60. The third kappa shape index (κ3) is 3.10. The Balaban J connectivity index is 2.68. The Morgan fingerprint density at radius 3 is 2.50 bits per heavy atom. The summed E-state index contributed by atoms with van der Waals surface area (Å²) < 4.78 is 36.7. The van der Waals surface area contributed by atoms with E-state index in [1.54, 1.807) is 0 Å². The maximum absolute atomic E-state index is 12.2. The minimum atomic E-state index is -4.16. The van der Waals surface area contributed by atoms with E-state index in [0.29, 0.717) is 5.92 Å². The van der Waals surface area contributed by atoms with Crippen LogP contribution in [0, 0.1) is 11.8 Å². The minimum absolute atomic E-state index is 0.189. The van der Waals surface area contributed by atoms with E-state index in [1.165, 1.54) is 0 Å². The number of nitrogens with two attached hydrogens (primary N) is 1. The Hall–Kier alpha value is -0.290. The van der Waals surface area contributed by atoms with Crippen LogP contribution in [-0.4, -0.2) is 24.8 Å². The van der Waals surface area contributed by atoms with Crippen LogP contribution in [0.1, 0.15) is 33.1 Å². The molecule has 0 amide bonds. The van der Waals surface area contributed by atoms with E-state index in [0.717, 1.165) is 19.3 Å². The van der Waals surface area contributed by atoms with E-state index in [-0.39, 0.29) is 12.5 Å². The summed E-state index contributed by atoms with van der Waals surface area (Å²) in [5.41, 5.74) is 5.16. The molecule has 3 atom stereocenters. The summed E-state index contributed by atoms with van der Waals surface area (Å²) >= 11 is 0. The first kappa shape index (κ1) is 13.8. The van der Waals surface area contributed by atoms with Crippen molar-refractivity contribution in [2.24, 2.45) is 17.6 Å². The zero-order chi connectivity index (χ0) is 12.4. The SMILES string of the molecule is CC1CCCC(CN)(NCC(F)(F)F)C1C. The number of nitrogens with one attached hydrogen (secondary N) is 1. The molecule has 0 saturated heterocycles. The lowest BCUT2D eigenvalue weighted by atomic mass is 9.68. The van der Waals surface area contributed by atoms with Gasteiger partial charge in [-0.1, -0.05) is 26.7 Å². The number of alkyl halides is 3. The molecule has 0 heterocycles. The van der Waals surface area contributed by atoms with Crippen molar-refractivity contribution < 1.29 is 13.2 Å². The smallest absolute Gasteiger partial charge is 0.329 e. The molecule has 1 aliphatic carbocycles. The van der Waals surface area contributed by atoms with Crippen molar-refractivity contribution in [1.82, 2.24) is 5.32 Å². The predicted octanol–water partition coefficient (Wildman–Crippen LogP) is 2.29. The van der Waals surface area contributed by atoms with Crippen LogP contribution >= 0.6 is 0 Å². The Kier molecular flexibility index (Phi) is 4.23. The molecule has 1 fully saturated rings. The van der Waals surface area contributed by atoms with Gasteiger partial charge in [0.25, 0.3) is 0 Å². The van der Waals surface area contributed by atoms with Gasteiger partial charge < -0.3 is 11.1 Å². The molecule has 0 aromatic heterocycles. The van der Waals surface area contributed by atoms with Crippen LogP contribution < -0.4 is 11.1 Å². The molecule has 0 aromatic rings. The normalized spacial score (nSPS) is 36.4. The fourth-order valence-electron chi connectivity index (χ4n) is 2.65. The Bertz CT molecular complexity index is 230. The molecule has 0 spiro atoms. The fourth-order valence-corrected chi connectivity index (χ4v) is 2.65. The summed E-state index contributed by atoms with van der Waals surface area (Å²) in [6.45, 7) is 3.42. The highest BCUT2D eigenvalue weighted by Crippen LogP contribution is 2.37. The van der Waals surface area contributed by atoms with Gasteiger partial charge >= 0.3 is 6.18 Å². The van der Waals surface area contributed by atoms with Crippen molar-refractivity contribution in [1.29, 1.82) is 0 Å². The zero-order valence-electron chi connectivity index (χ0n) is 9.90. The average Bonchev–Trinajstić information content (AvgIpc) is 2.20. The molecular formula is C11H21F3N2. The topological polar surface area (TPSA) is 38.0 Å². The summed E-state index contributed by atoms with van der Waals surface area (Å²) in [6, 6.07) is 0. The van der Waals surface area contributed by atoms with Crippen LogP contribution in [0.25, 0.3) is 0 Å². The second-order valence-corrected chi connectivity index (χ2v) is 4.99. The predicted molar refractivity (Wildman–Crippen MR) is 58.0 cm³/mol. The molecule has 0 aliphatic heterocycles. The van der Waals surface area contributed by atoms with Gasteiger partial charge in [0.2, 0.25) is 0 Å². The van der Waals surface area contributed by atoms with Gasteiger partial charge in [0.05, 0.1) is 6.54 Å². The van der Waals surface area contributed by atoms with Crippen LogP contribution in [0.4, 0.5) is 13.2 Å². The number of halogens is 3. The molecule has 3 N–H and O–H groups in total. The summed E-state index contributed by atoms with van der Waals surface area (Å²) in [6.07, 6.45) is -1.39. The van der Waals surface area contributed by atoms with Gasteiger partial charge in [-0.25, -0.2) is 0 Å². The van der Waals surface area contributed by atoms with Crippen molar-refractivity contribution in [3.05, 3.63) is 0 Å². The van der Waals surface area contributed by atoms with E-state index in [1.807, 2.05) is 6.92 Å². The third-order valence-corrected chi connectivity index (χ3v) is 4.01. The van der Waals surface area contributed by atoms with Gasteiger partial charge in [-0.05, 0) is 18.3 Å². The lowest BCUT2D eigenvalue weighted by Gasteiger charge is -2.46. The highest BCUT2D eigenvalue weighted by Gasteiger charge is 2.42. The first-order valence-corrected chi connectivity index (χ1v) is 5.82. The molecular weight excluding hydrogens is 217 g/mol. The number of hydrogen-bond acceptors (Lipinski definition) is 2. The summed E-state index contributed by atoms with van der Waals surface area (Å²) in [5, 5.41) is 2.65. The standard InChI is InChI=1S/C11H21F3N2/c1-8-4-3-5-10(6-15,9(8)2)16-7-11(12,13)14/h8-9,16H,3-7,15H2,1-2H3. The first-order chi connectivity index (χ1) is 7.31. The van der Waals surface area contributed by atoms with Gasteiger partial charge in [0.1, 0.15) is 0 Å². The van der Waals surface area contributed by atoms with Gasteiger partial charge in [-0.3, -0.25) is 0 Å². The maximum Gasteiger partial charge on any atom is 0.401 e. The Morgan fingerprint density at radius 1 is 1.38 bits per heavy atom. The van der Waals surface area contributed by atoms with Crippen LogP contribution in [0.5, 0.6) is 0 Å². The van der Waals surface area contributed by atoms with Gasteiger partial charge in [0.15, 0.2) is 0 Å². The Labute approximate surface area is 94.8 Å². The van der Waals surface area contributed by atoms with Crippen molar-refractivity contribution in [2.45, 2.75) is 44.8 Å². The lowest BCUT2D eigenvalue weighted by molar-refractivity contribution is -0.131. The molecule has 16 heavy (non-hydrogen) atoms. The minimum Gasteiger partial charge on any atom is -0.329 e. The largest absolute Gasteiger partial charge is 0.401 e. The molecule has 1 rings (SSSR count). The van der Waals surface area contributed by atoms with E-state index >= 15 is 0 Å². The number of rotatable bonds is 3. The van der Waals surface area contributed by atoms with Crippen molar-refractivity contribution in [3.8, 4) is 0 Å². The highest BCUT2D eigenvalue weighted by molar-refractivity contribution is 4.98. The highest BCUT2D eigenvalue weighted by atomic mass is 19.4. The maximum atomic E-state index is 12.2. The quantitative estimate of drug-likeness (QED) is 0.791. The van der Waals surface area contributed by atoms with Gasteiger partial charge in [-0.15, -0.1) is 0 Å². The van der Waals surface area contributed by atoms with Crippen molar-refractivity contribution >= 4 is 0 Å². The van der Waals surface area contributed by atoms with Crippen LogP contribution in [0.15, 0.2) is 0 Å². The molecule has 96 valence electrons. The monoisotopic (exact) mass is 238 g/mol. The van der Waals surface area contributed by atoms with Crippen LogP contribution in [0.3, 0.4) is 0 Å². The average molecular weight is 238 g/mol. The molecule has 0 aromatic carbocycles. The molecule has 1 aliphatic rings. The van der Waals surface area contributed by atoms with Crippen LogP contribution in [-0.2, 0) is 0 Å². The molecule has 5 heteroatoms. The molecule has 1 saturated carbocycles. The first-order valence-electron chi connectivity index (χ1n) is 5.82. The van der Waals surface area contributed by atoms with Gasteiger partial charge in [0, 0.05) is 12.1 Å². The van der Waals surface area contributed by atoms with E-state index < -0.39 is 18.3 Å². The summed E-state index contributed by atoms with van der Waals surface area (Å²) in [4.78, 5) is 0. The molecule has 2 nitrogen and oxygen atoms in total. The fraction of sp³-hybridized carbons (Fsp3) is 1.00. The van der Waals surface area contributed by atoms with Crippen molar-refractivity contribution in [2.75, 3.05) is 13.1 Å². The number of hydrogen-bond donors (Lipinski definition) is 2. The summed E-state index contributed by atoms with van der Waals surface area (Å²) in [7, 11) is 0. The second-order valence-electron chi connectivity index (χ2n) is 4.99. The molecule has 0 radical (unpaired) electrons. The van der Waals surface area contributed by atoms with E-state index in [4.69, 9.17) is 5.73 Å². The third-order valence-electron chi connectivity index (χ3n) is 4.01. The van der Waals surface area contributed by atoms with Crippen molar-refractivity contribution in [3.63, 3.8) is 0 Å². The Morgan fingerprint density at radius 2 is 2.00 bits per heavy atom. The summed E-state index contributed by atoms with van der Waals surface area (Å²) in [5.74, 6) is 0.617. The van der Waals surface area contributed by atoms with E-state index in [9.17, 15) is 13.2 Å². The second kappa shape index (κ2) is 4.92. The molecule has 3 unspecified atom stereocenters. The zero-order valence-corrected chi connectivity index (χ0v) is 9.90. The van der Waals surface area contributed by atoms with E-state index in [2.05, 4.69) is 12.2 Å². The van der Waals surface area contributed by atoms with Crippen LogP contribution in [0.2, 0.25) is 0 Å². The molecule has 0 bridgehead atoms. The van der Waals surface area contributed by atoms with Gasteiger partial charge in [-0.2, -0.15) is 13.2 Å².